The Kier molecular flexibility index (Phi) is 4.56. The third-order valence-corrected chi connectivity index (χ3v) is 4.56. The predicted molar refractivity (Wildman–Crippen MR) is 91.8 cm³/mol. The quantitative estimate of drug-likeness (QED) is 0.884. The molecule has 0 fully saturated rings. The molecule has 2 aromatic rings. The number of hydrogen-bond donors (Lipinski definition) is 2. The molecule has 5 heteroatoms. The van der Waals surface area contributed by atoms with Crippen LogP contribution in [0.5, 0.6) is 0 Å². The van der Waals surface area contributed by atoms with Crippen molar-refractivity contribution in [3.8, 4) is 0 Å². The van der Waals surface area contributed by atoms with Crippen LogP contribution in [0.1, 0.15) is 42.5 Å². The molecule has 0 aliphatic carbocycles. The Morgan fingerprint density at radius 1 is 1.33 bits per heavy atom. The summed E-state index contributed by atoms with van der Waals surface area (Å²) in [7, 11) is 1.57. The predicted octanol–water partition coefficient (Wildman–Crippen LogP) is 3.19. The second-order valence-corrected chi connectivity index (χ2v) is 6.88. The number of fused-ring (bicyclic) bond motifs is 1. The van der Waals surface area contributed by atoms with Gasteiger partial charge in [-0.2, -0.15) is 0 Å². The molecule has 3 rings (SSSR count). The Bertz CT molecular complexity index is 725. The van der Waals surface area contributed by atoms with Gasteiger partial charge in [-0.15, -0.1) is 0 Å². The molecule has 1 aliphatic heterocycles. The van der Waals surface area contributed by atoms with Gasteiger partial charge in [0, 0.05) is 19.1 Å². The first-order valence-corrected chi connectivity index (χ1v) is 8.11. The van der Waals surface area contributed by atoms with Gasteiger partial charge in [-0.25, -0.2) is 4.39 Å². The molecule has 1 aliphatic rings. The fourth-order valence-corrected chi connectivity index (χ4v) is 3.13. The number of benzene rings is 1. The zero-order chi connectivity index (χ0) is 17.3. The summed E-state index contributed by atoms with van der Waals surface area (Å²) in [6.45, 7) is 4.98. The third-order valence-electron chi connectivity index (χ3n) is 4.56. The SMILES string of the molecule is CO[C@@H](CO)c1nc2c(cc1Cc1ccc(F)cc1)NCC2(C)C. The minimum Gasteiger partial charge on any atom is -0.393 e. The van der Waals surface area contributed by atoms with Gasteiger partial charge >= 0.3 is 0 Å². The minimum atomic E-state index is -0.470. The Morgan fingerprint density at radius 3 is 2.67 bits per heavy atom. The van der Waals surface area contributed by atoms with Gasteiger partial charge in [0.25, 0.3) is 0 Å². The summed E-state index contributed by atoms with van der Waals surface area (Å²) in [4.78, 5) is 4.84. The first-order chi connectivity index (χ1) is 11.4. The van der Waals surface area contributed by atoms with Crippen molar-refractivity contribution in [1.82, 2.24) is 4.98 Å². The molecule has 2 N–H and O–H groups in total. The Morgan fingerprint density at radius 2 is 2.04 bits per heavy atom. The average Bonchev–Trinajstić information content (AvgIpc) is 2.86. The highest BCUT2D eigenvalue weighted by molar-refractivity contribution is 5.59. The van der Waals surface area contributed by atoms with Gasteiger partial charge in [0.1, 0.15) is 11.9 Å². The van der Waals surface area contributed by atoms with Crippen molar-refractivity contribution in [3.05, 3.63) is 58.7 Å². The number of methoxy groups -OCH3 is 1. The van der Waals surface area contributed by atoms with Crippen LogP contribution in [0.2, 0.25) is 0 Å². The number of pyridine rings is 1. The van der Waals surface area contributed by atoms with Crippen molar-refractivity contribution in [2.45, 2.75) is 31.8 Å². The molecule has 24 heavy (non-hydrogen) atoms. The van der Waals surface area contributed by atoms with Crippen LogP contribution in [0.3, 0.4) is 0 Å². The molecule has 2 heterocycles. The normalized spacial score (nSPS) is 16.5. The lowest BCUT2D eigenvalue weighted by Crippen LogP contribution is -2.21. The Labute approximate surface area is 141 Å². The van der Waals surface area contributed by atoms with Crippen LogP contribution in [0.4, 0.5) is 10.1 Å². The number of halogens is 1. The van der Waals surface area contributed by atoms with Gasteiger partial charge in [-0.3, -0.25) is 4.98 Å². The van der Waals surface area contributed by atoms with E-state index in [1.54, 1.807) is 19.2 Å². The zero-order valence-electron chi connectivity index (χ0n) is 14.3. The minimum absolute atomic E-state index is 0.0633. The summed E-state index contributed by atoms with van der Waals surface area (Å²) in [6.07, 6.45) is 0.139. The molecular weight excluding hydrogens is 307 g/mol. The molecule has 1 atom stereocenters. The van der Waals surface area contributed by atoms with Crippen LogP contribution in [-0.4, -0.2) is 30.4 Å². The van der Waals surface area contributed by atoms with Crippen LogP contribution >= 0.6 is 0 Å². The van der Waals surface area contributed by atoms with E-state index in [9.17, 15) is 9.50 Å². The number of aliphatic hydroxyl groups is 1. The van der Waals surface area contributed by atoms with Crippen molar-refractivity contribution >= 4 is 5.69 Å². The van der Waals surface area contributed by atoms with Crippen molar-refractivity contribution in [2.75, 3.05) is 25.6 Å². The largest absolute Gasteiger partial charge is 0.393 e. The number of aliphatic hydroxyl groups excluding tert-OH is 1. The number of anilines is 1. The van der Waals surface area contributed by atoms with Crippen LogP contribution < -0.4 is 5.32 Å². The molecular formula is C19H23FN2O2. The number of rotatable bonds is 5. The average molecular weight is 330 g/mol. The fraction of sp³-hybridized carbons (Fsp3) is 0.421. The second kappa shape index (κ2) is 6.49. The van der Waals surface area contributed by atoms with Crippen LogP contribution in [0.15, 0.2) is 30.3 Å². The van der Waals surface area contributed by atoms with Crippen molar-refractivity contribution in [1.29, 1.82) is 0 Å². The van der Waals surface area contributed by atoms with Crippen molar-refractivity contribution < 1.29 is 14.2 Å². The van der Waals surface area contributed by atoms with E-state index in [1.165, 1.54) is 12.1 Å². The van der Waals surface area contributed by atoms with Gasteiger partial charge in [-0.1, -0.05) is 26.0 Å². The monoisotopic (exact) mass is 330 g/mol. The topological polar surface area (TPSA) is 54.4 Å². The van der Waals surface area contributed by atoms with Gasteiger partial charge in [0.15, 0.2) is 0 Å². The van der Waals surface area contributed by atoms with Gasteiger partial charge in [0.05, 0.1) is 23.7 Å². The van der Waals surface area contributed by atoms with E-state index in [0.717, 1.165) is 34.7 Å². The summed E-state index contributed by atoms with van der Waals surface area (Å²) in [5, 5.41) is 13.1. The molecule has 0 bridgehead atoms. The third kappa shape index (κ3) is 3.14. The molecule has 0 unspecified atom stereocenters. The lowest BCUT2D eigenvalue weighted by atomic mass is 9.90. The second-order valence-electron chi connectivity index (χ2n) is 6.88. The molecule has 0 spiro atoms. The number of nitrogens with one attached hydrogen (secondary N) is 1. The summed E-state index contributed by atoms with van der Waals surface area (Å²) < 4.78 is 18.6. The van der Waals surface area contributed by atoms with E-state index in [1.807, 2.05) is 0 Å². The van der Waals surface area contributed by atoms with Crippen molar-refractivity contribution in [3.63, 3.8) is 0 Å². The molecule has 1 aromatic carbocycles. The Balaban J connectivity index is 2.05. The number of hydrogen-bond acceptors (Lipinski definition) is 4. The van der Waals surface area contributed by atoms with E-state index in [-0.39, 0.29) is 17.8 Å². The first-order valence-electron chi connectivity index (χ1n) is 8.11. The zero-order valence-corrected chi connectivity index (χ0v) is 14.3. The van der Waals surface area contributed by atoms with Gasteiger partial charge < -0.3 is 15.2 Å². The first kappa shape index (κ1) is 16.9. The highest BCUT2D eigenvalue weighted by Crippen LogP contribution is 2.37. The number of aromatic nitrogens is 1. The Hall–Kier alpha value is -1.98. The van der Waals surface area contributed by atoms with Crippen LogP contribution in [0.25, 0.3) is 0 Å². The van der Waals surface area contributed by atoms with E-state index in [0.29, 0.717) is 6.42 Å². The summed E-state index contributed by atoms with van der Waals surface area (Å²) in [5.74, 6) is -0.250. The lowest BCUT2D eigenvalue weighted by Gasteiger charge is -2.21. The summed E-state index contributed by atoms with van der Waals surface area (Å²) in [6, 6.07) is 8.53. The highest BCUT2D eigenvalue weighted by atomic mass is 19.1. The van der Waals surface area contributed by atoms with E-state index < -0.39 is 6.10 Å². The number of nitrogens with zero attached hydrogens (tertiary/aromatic N) is 1. The highest BCUT2D eigenvalue weighted by Gasteiger charge is 2.33. The summed E-state index contributed by atoms with van der Waals surface area (Å²) in [5.41, 5.74) is 4.67. The van der Waals surface area contributed by atoms with Crippen LogP contribution in [-0.2, 0) is 16.6 Å². The van der Waals surface area contributed by atoms with Crippen molar-refractivity contribution in [2.24, 2.45) is 0 Å². The van der Waals surface area contributed by atoms with E-state index in [2.05, 4.69) is 25.2 Å². The maximum Gasteiger partial charge on any atom is 0.123 e. The van der Waals surface area contributed by atoms with E-state index >= 15 is 0 Å². The van der Waals surface area contributed by atoms with Crippen LogP contribution in [0, 0.1) is 5.82 Å². The fourth-order valence-electron chi connectivity index (χ4n) is 3.13. The maximum atomic E-state index is 13.1. The molecule has 0 radical (unpaired) electrons. The van der Waals surface area contributed by atoms with Gasteiger partial charge in [0.2, 0.25) is 0 Å². The molecule has 4 nitrogen and oxygen atoms in total. The summed E-state index contributed by atoms with van der Waals surface area (Å²) >= 11 is 0. The molecule has 0 amide bonds. The number of ether oxygens (including phenoxy) is 1. The van der Waals surface area contributed by atoms with Gasteiger partial charge in [-0.05, 0) is 35.7 Å². The van der Waals surface area contributed by atoms with E-state index in [4.69, 9.17) is 9.72 Å². The molecule has 1 aromatic heterocycles. The standard InChI is InChI=1S/C19H23FN2O2/c1-19(2)11-21-15-9-13(8-12-4-6-14(20)7-5-12)17(22-18(15)19)16(10-23)24-3/h4-7,9,16,21,23H,8,10-11H2,1-3H3/t16-/m0/s1. The maximum absolute atomic E-state index is 13.1. The smallest absolute Gasteiger partial charge is 0.123 e. The lowest BCUT2D eigenvalue weighted by molar-refractivity contribution is 0.0447. The molecule has 0 saturated heterocycles. The molecule has 128 valence electrons. The molecule has 0 saturated carbocycles.